The molecule has 0 unspecified atom stereocenters. The molecule has 0 aliphatic carbocycles. The number of carbonyl (C=O) groups excluding carboxylic acids is 1. The molecule has 0 saturated heterocycles. The van der Waals surface area contributed by atoms with Crippen molar-refractivity contribution < 1.29 is 22.7 Å². The van der Waals surface area contributed by atoms with Crippen LogP contribution in [0.25, 0.3) is 21.0 Å². The lowest BCUT2D eigenvalue weighted by molar-refractivity contribution is 0.107. The van der Waals surface area contributed by atoms with Crippen LogP contribution in [0.5, 0.6) is 0 Å². The van der Waals surface area contributed by atoms with E-state index in [-0.39, 0.29) is 23.8 Å². The van der Waals surface area contributed by atoms with Gasteiger partial charge in [0.25, 0.3) is 0 Å². The fourth-order valence-electron chi connectivity index (χ4n) is 3.17. The van der Waals surface area contributed by atoms with Crippen LogP contribution in [-0.4, -0.2) is 52.4 Å². The summed E-state index contributed by atoms with van der Waals surface area (Å²) >= 11 is 1.38. The van der Waals surface area contributed by atoms with Gasteiger partial charge in [-0.3, -0.25) is 5.32 Å². The van der Waals surface area contributed by atoms with E-state index in [1.165, 1.54) is 24.5 Å². The summed E-state index contributed by atoms with van der Waals surface area (Å²) in [5.41, 5.74) is 1.98. The molecule has 2 aromatic carbocycles. The molecule has 11 heteroatoms. The molecule has 188 valence electrons. The minimum atomic E-state index is -3.93. The standard InChI is InChI=1S/C24H30N4O5S2/c1-24(2,3)28-35(30,31)21-14-18(27-23(29)33-13-12-32-5)10-11-19(21)20-15-26-22(34-20)16-6-8-17(25-4)9-7-16/h6-11,14-15,25,28H,12-13H2,1-5H3,(H,27,29). The van der Waals surface area contributed by atoms with Gasteiger partial charge in [0.05, 0.1) is 16.4 Å². The summed E-state index contributed by atoms with van der Waals surface area (Å²) in [4.78, 5) is 17.3. The van der Waals surface area contributed by atoms with E-state index in [2.05, 4.69) is 20.3 Å². The van der Waals surface area contributed by atoms with Crippen LogP contribution in [0.4, 0.5) is 16.2 Å². The third-order valence-electron chi connectivity index (χ3n) is 4.67. The minimum absolute atomic E-state index is 0.0304. The number of nitrogens with one attached hydrogen (secondary N) is 3. The summed E-state index contributed by atoms with van der Waals surface area (Å²) in [5, 5.41) is 6.41. The number of benzene rings is 2. The minimum Gasteiger partial charge on any atom is -0.447 e. The molecule has 9 nitrogen and oxygen atoms in total. The lowest BCUT2D eigenvalue weighted by Gasteiger charge is -2.22. The number of anilines is 2. The molecule has 3 rings (SSSR count). The Morgan fingerprint density at radius 2 is 1.74 bits per heavy atom. The van der Waals surface area contributed by atoms with Gasteiger partial charge in [-0.25, -0.2) is 22.9 Å². The van der Waals surface area contributed by atoms with Crippen LogP contribution in [0.1, 0.15) is 20.8 Å². The topological polar surface area (TPSA) is 119 Å². The highest BCUT2D eigenvalue weighted by molar-refractivity contribution is 7.89. The first kappa shape index (κ1) is 26.6. The molecule has 35 heavy (non-hydrogen) atoms. The van der Waals surface area contributed by atoms with Crippen LogP contribution in [0, 0.1) is 0 Å². The second-order valence-corrected chi connectivity index (χ2v) is 11.4. The van der Waals surface area contributed by atoms with E-state index in [0.717, 1.165) is 16.3 Å². The number of thiazole rings is 1. The maximum absolute atomic E-state index is 13.3. The number of methoxy groups -OCH3 is 1. The van der Waals surface area contributed by atoms with Gasteiger partial charge in [-0.1, -0.05) is 6.07 Å². The van der Waals surface area contributed by atoms with Gasteiger partial charge in [0.2, 0.25) is 10.0 Å². The van der Waals surface area contributed by atoms with Crippen molar-refractivity contribution in [2.45, 2.75) is 31.2 Å². The Kier molecular flexibility index (Phi) is 8.49. The smallest absolute Gasteiger partial charge is 0.411 e. The van der Waals surface area contributed by atoms with Gasteiger partial charge < -0.3 is 14.8 Å². The van der Waals surface area contributed by atoms with Crippen molar-refractivity contribution >= 4 is 38.8 Å². The molecule has 0 spiro atoms. The Balaban J connectivity index is 1.98. The second-order valence-electron chi connectivity index (χ2n) is 8.68. The van der Waals surface area contributed by atoms with E-state index in [4.69, 9.17) is 9.47 Å². The molecule has 1 heterocycles. The van der Waals surface area contributed by atoms with E-state index in [0.29, 0.717) is 10.4 Å². The Morgan fingerprint density at radius 3 is 2.37 bits per heavy atom. The zero-order valence-electron chi connectivity index (χ0n) is 20.3. The first-order valence-corrected chi connectivity index (χ1v) is 13.2. The monoisotopic (exact) mass is 518 g/mol. The zero-order valence-corrected chi connectivity index (χ0v) is 22.0. The van der Waals surface area contributed by atoms with Gasteiger partial charge in [0, 0.05) is 48.4 Å². The number of nitrogens with zero attached hydrogens (tertiary/aromatic N) is 1. The molecule has 0 radical (unpaired) electrons. The summed E-state index contributed by atoms with van der Waals surface area (Å²) in [7, 11) is -0.581. The maximum atomic E-state index is 13.3. The number of carbonyl (C=O) groups is 1. The molecular formula is C24H30N4O5S2. The molecule has 3 N–H and O–H groups in total. The van der Waals surface area contributed by atoms with Crippen LogP contribution in [0.15, 0.2) is 53.6 Å². The molecule has 0 aliphatic heterocycles. The van der Waals surface area contributed by atoms with Crippen molar-refractivity contribution in [2.24, 2.45) is 0 Å². The summed E-state index contributed by atoms with van der Waals surface area (Å²) in [6, 6.07) is 12.5. The molecule has 1 aromatic heterocycles. The largest absolute Gasteiger partial charge is 0.447 e. The normalized spacial score (nSPS) is 11.8. The van der Waals surface area contributed by atoms with E-state index >= 15 is 0 Å². The van der Waals surface area contributed by atoms with Crippen LogP contribution in [0.3, 0.4) is 0 Å². The average Bonchev–Trinajstić information content (AvgIpc) is 3.28. The van der Waals surface area contributed by atoms with Gasteiger partial charge in [0.15, 0.2) is 0 Å². The molecule has 1 amide bonds. The van der Waals surface area contributed by atoms with Crippen molar-refractivity contribution in [3.63, 3.8) is 0 Å². The third kappa shape index (κ3) is 7.25. The van der Waals surface area contributed by atoms with Crippen molar-refractivity contribution in [2.75, 3.05) is 38.0 Å². The number of rotatable bonds is 9. The van der Waals surface area contributed by atoms with Gasteiger partial charge >= 0.3 is 6.09 Å². The zero-order chi connectivity index (χ0) is 25.6. The number of sulfonamides is 1. The quantitative estimate of drug-likeness (QED) is 0.349. The third-order valence-corrected chi connectivity index (χ3v) is 7.55. The molecule has 0 fully saturated rings. The maximum Gasteiger partial charge on any atom is 0.411 e. The molecular weight excluding hydrogens is 488 g/mol. The Bertz CT molecular complexity index is 1270. The van der Waals surface area contributed by atoms with Crippen LogP contribution in [0.2, 0.25) is 0 Å². The van der Waals surface area contributed by atoms with Gasteiger partial charge in [-0.15, -0.1) is 11.3 Å². The van der Waals surface area contributed by atoms with Crippen molar-refractivity contribution in [3.05, 3.63) is 48.7 Å². The molecule has 0 atom stereocenters. The van der Waals surface area contributed by atoms with Crippen molar-refractivity contribution in [1.82, 2.24) is 9.71 Å². The number of ether oxygens (including phenoxy) is 2. The highest BCUT2D eigenvalue weighted by Crippen LogP contribution is 2.37. The Hall–Kier alpha value is -2.99. The first-order valence-electron chi connectivity index (χ1n) is 10.9. The van der Waals surface area contributed by atoms with Crippen molar-refractivity contribution in [3.8, 4) is 21.0 Å². The van der Waals surface area contributed by atoms with Crippen molar-refractivity contribution in [1.29, 1.82) is 0 Å². The van der Waals surface area contributed by atoms with E-state index in [1.54, 1.807) is 39.1 Å². The molecule has 0 bridgehead atoms. The molecule has 0 saturated carbocycles. The second kappa shape index (κ2) is 11.2. The molecule has 3 aromatic rings. The van der Waals surface area contributed by atoms with E-state index in [1.807, 2.05) is 31.3 Å². The fraction of sp³-hybridized carbons (Fsp3) is 0.333. The lowest BCUT2D eigenvalue weighted by Crippen LogP contribution is -2.40. The number of aromatic nitrogens is 1. The highest BCUT2D eigenvalue weighted by atomic mass is 32.2. The van der Waals surface area contributed by atoms with Crippen LogP contribution in [-0.2, 0) is 19.5 Å². The average molecular weight is 519 g/mol. The van der Waals surface area contributed by atoms with E-state index < -0.39 is 21.7 Å². The first-order chi connectivity index (χ1) is 16.5. The van der Waals surface area contributed by atoms with Gasteiger partial charge in [-0.2, -0.15) is 0 Å². The SMILES string of the molecule is CNc1ccc(-c2ncc(-c3ccc(NC(=O)OCCOC)cc3S(=O)(=O)NC(C)(C)C)s2)cc1. The number of amides is 1. The van der Waals surface area contributed by atoms with Crippen LogP contribution < -0.4 is 15.4 Å². The Morgan fingerprint density at radius 1 is 1.06 bits per heavy atom. The fourth-order valence-corrected chi connectivity index (χ4v) is 5.86. The Labute approximate surface area is 209 Å². The van der Waals surface area contributed by atoms with Gasteiger partial charge in [0.1, 0.15) is 11.6 Å². The summed E-state index contributed by atoms with van der Waals surface area (Å²) < 4.78 is 39.3. The van der Waals surface area contributed by atoms with Gasteiger partial charge in [-0.05, 0) is 57.2 Å². The number of hydrogen-bond acceptors (Lipinski definition) is 8. The number of hydrogen-bond donors (Lipinski definition) is 3. The summed E-state index contributed by atoms with van der Waals surface area (Å²) in [5.74, 6) is 0. The predicted molar refractivity (Wildman–Crippen MR) is 139 cm³/mol. The lowest BCUT2D eigenvalue weighted by atomic mass is 10.1. The van der Waals surface area contributed by atoms with E-state index in [9.17, 15) is 13.2 Å². The summed E-state index contributed by atoms with van der Waals surface area (Å²) in [6.07, 6.45) is 0.954. The summed E-state index contributed by atoms with van der Waals surface area (Å²) in [6.45, 7) is 5.63. The molecule has 0 aliphatic rings. The van der Waals surface area contributed by atoms with Crippen LogP contribution >= 0.6 is 11.3 Å². The highest BCUT2D eigenvalue weighted by Gasteiger charge is 2.26. The predicted octanol–water partition coefficient (Wildman–Crippen LogP) is 4.79.